The monoisotopic (exact) mass is 423 g/mol. The quantitative estimate of drug-likeness (QED) is 0.360. The molecule has 30 heavy (non-hydrogen) atoms. The van der Waals surface area contributed by atoms with E-state index in [4.69, 9.17) is 4.74 Å². The molecule has 1 unspecified atom stereocenters. The minimum Gasteiger partial charge on any atom is -0.491 e. The van der Waals surface area contributed by atoms with Crippen molar-refractivity contribution in [1.29, 1.82) is 0 Å². The molecule has 0 saturated heterocycles. The van der Waals surface area contributed by atoms with E-state index < -0.39 is 12.1 Å². The van der Waals surface area contributed by atoms with Crippen LogP contribution in [0.1, 0.15) is 15.9 Å². The van der Waals surface area contributed by atoms with Gasteiger partial charge in [-0.05, 0) is 48.9 Å². The van der Waals surface area contributed by atoms with E-state index in [1.165, 1.54) is 18.9 Å². The zero-order valence-electron chi connectivity index (χ0n) is 16.6. The summed E-state index contributed by atoms with van der Waals surface area (Å²) in [6.07, 6.45) is -0.695. The summed E-state index contributed by atoms with van der Waals surface area (Å²) in [5, 5.41) is 20.8. The summed E-state index contributed by atoms with van der Waals surface area (Å²) < 4.78 is 12.3. The summed E-state index contributed by atoms with van der Waals surface area (Å²) in [5.74, 6) is 0.575. The lowest BCUT2D eigenvalue weighted by molar-refractivity contribution is 0.0600. The van der Waals surface area contributed by atoms with Gasteiger partial charge in [0.25, 0.3) is 0 Å². The molecule has 0 bridgehead atoms. The fraction of sp³-hybridized carbons (Fsp3) is 0.227. The zero-order chi connectivity index (χ0) is 21.1. The first-order valence-electron chi connectivity index (χ1n) is 9.42. The van der Waals surface area contributed by atoms with Crippen LogP contribution in [0.15, 0.2) is 59.8 Å². The van der Waals surface area contributed by atoms with Gasteiger partial charge in [0, 0.05) is 11.1 Å². The smallest absolute Gasteiger partial charge is 0.337 e. The predicted octanol–water partition coefficient (Wildman–Crippen LogP) is 3.51. The van der Waals surface area contributed by atoms with Crippen molar-refractivity contribution in [3.8, 4) is 5.75 Å². The van der Waals surface area contributed by atoms with Crippen molar-refractivity contribution in [2.45, 2.75) is 18.2 Å². The number of thioether (sulfide) groups is 1. The Morgan fingerprint density at radius 3 is 2.70 bits per heavy atom. The number of aromatic nitrogens is 3. The van der Waals surface area contributed by atoms with Crippen molar-refractivity contribution in [3.05, 3.63) is 65.7 Å². The minimum atomic E-state index is -0.695. The summed E-state index contributed by atoms with van der Waals surface area (Å²) in [7, 11) is 1.34. The first-order chi connectivity index (χ1) is 14.6. The molecule has 0 amide bonds. The van der Waals surface area contributed by atoms with Gasteiger partial charge in [0.1, 0.15) is 12.4 Å². The Bertz CT molecular complexity index is 1190. The third-order valence-electron chi connectivity index (χ3n) is 4.70. The van der Waals surface area contributed by atoms with E-state index in [1.54, 1.807) is 24.3 Å². The van der Waals surface area contributed by atoms with Gasteiger partial charge in [-0.2, -0.15) is 0 Å². The normalized spacial score (nSPS) is 12.2. The second-order valence-electron chi connectivity index (χ2n) is 6.81. The number of ether oxygens (including phenoxy) is 2. The number of rotatable bonds is 7. The van der Waals surface area contributed by atoms with Gasteiger partial charge in [-0.15, -0.1) is 10.2 Å². The SMILES string of the molecule is COC(=O)c1ccc(OCC(O)CSc2nnc3cc(C)c4ccccc4n23)cc1. The molecule has 0 spiro atoms. The molecule has 0 aliphatic heterocycles. The second-order valence-corrected chi connectivity index (χ2v) is 7.80. The zero-order valence-corrected chi connectivity index (χ0v) is 17.4. The van der Waals surface area contributed by atoms with Crippen LogP contribution in [-0.2, 0) is 4.74 Å². The number of esters is 1. The summed E-state index contributed by atoms with van der Waals surface area (Å²) in [6, 6.07) is 16.7. The number of benzene rings is 2. The Morgan fingerprint density at radius 1 is 1.17 bits per heavy atom. The van der Waals surface area contributed by atoms with Crippen molar-refractivity contribution < 1.29 is 19.4 Å². The number of aliphatic hydroxyl groups is 1. The molecule has 1 atom stereocenters. The van der Waals surface area contributed by atoms with Crippen LogP contribution in [0.5, 0.6) is 5.75 Å². The van der Waals surface area contributed by atoms with Crippen molar-refractivity contribution in [1.82, 2.24) is 14.6 Å². The Labute approximate surface area is 177 Å². The lowest BCUT2D eigenvalue weighted by Gasteiger charge is -2.12. The van der Waals surface area contributed by atoms with Crippen LogP contribution < -0.4 is 4.74 Å². The maximum Gasteiger partial charge on any atom is 0.337 e. The maximum atomic E-state index is 11.5. The number of aliphatic hydroxyl groups excluding tert-OH is 1. The molecule has 0 radical (unpaired) electrons. The summed E-state index contributed by atoms with van der Waals surface area (Å²) in [6.45, 7) is 2.18. The number of carbonyl (C=O) groups is 1. The summed E-state index contributed by atoms with van der Waals surface area (Å²) >= 11 is 1.43. The third kappa shape index (κ3) is 4.10. The third-order valence-corrected chi connectivity index (χ3v) is 5.77. The first kappa shape index (κ1) is 20.2. The molecule has 8 heteroatoms. The molecule has 0 aliphatic carbocycles. The minimum absolute atomic E-state index is 0.126. The molecule has 1 N–H and O–H groups in total. The van der Waals surface area contributed by atoms with E-state index in [-0.39, 0.29) is 6.61 Å². The highest BCUT2D eigenvalue weighted by Crippen LogP contribution is 2.26. The number of para-hydroxylation sites is 1. The highest BCUT2D eigenvalue weighted by molar-refractivity contribution is 7.99. The molecule has 0 fully saturated rings. The molecule has 7 nitrogen and oxygen atoms in total. The number of aryl methyl sites for hydroxylation is 1. The number of fused-ring (bicyclic) bond motifs is 3. The standard InChI is InChI=1S/C22H21N3O4S/c1-14-11-20-23-24-22(25(20)19-6-4-3-5-18(14)19)30-13-16(26)12-29-17-9-7-15(8-10-17)21(27)28-2/h3-11,16,26H,12-13H2,1-2H3. The van der Waals surface area contributed by atoms with Crippen LogP contribution in [-0.4, -0.2) is 51.2 Å². The van der Waals surface area contributed by atoms with Gasteiger partial charge in [-0.3, -0.25) is 4.40 Å². The second kappa shape index (κ2) is 8.73. The lowest BCUT2D eigenvalue weighted by Crippen LogP contribution is -2.20. The van der Waals surface area contributed by atoms with E-state index in [1.807, 2.05) is 28.7 Å². The molecule has 2 heterocycles. The highest BCUT2D eigenvalue weighted by Gasteiger charge is 2.14. The van der Waals surface area contributed by atoms with Crippen LogP contribution in [0.2, 0.25) is 0 Å². The highest BCUT2D eigenvalue weighted by atomic mass is 32.2. The van der Waals surface area contributed by atoms with Crippen LogP contribution >= 0.6 is 11.8 Å². The van der Waals surface area contributed by atoms with Crippen molar-refractivity contribution >= 4 is 34.3 Å². The lowest BCUT2D eigenvalue weighted by atomic mass is 10.1. The number of hydrogen-bond acceptors (Lipinski definition) is 7. The molecular weight excluding hydrogens is 402 g/mol. The van der Waals surface area contributed by atoms with Gasteiger partial charge in [0.15, 0.2) is 10.8 Å². The van der Waals surface area contributed by atoms with E-state index in [9.17, 15) is 9.90 Å². The number of methoxy groups -OCH3 is 1. The Kier molecular flexibility index (Phi) is 5.87. The largest absolute Gasteiger partial charge is 0.491 e. The van der Waals surface area contributed by atoms with Gasteiger partial charge < -0.3 is 14.6 Å². The molecule has 2 aromatic heterocycles. The Hall–Kier alpha value is -3.10. The van der Waals surface area contributed by atoms with Gasteiger partial charge in [0.2, 0.25) is 0 Å². The van der Waals surface area contributed by atoms with Gasteiger partial charge in [-0.25, -0.2) is 4.79 Å². The van der Waals surface area contributed by atoms with E-state index in [0.717, 1.165) is 27.3 Å². The van der Waals surface area contributed by atoms with Crippen molar-refractivity contribution in [3.63, 3.8) is 0 Å². The van der Waals surface area contributed by atoms with Crippen LogP contribution in [0.4, 0.5) is 0 Å². The van der Waals surface area contributed by atoms with E-state index in [0.29, 0.717) is 17.1 Å². The first-order valence-corrected chi connectivity index (χ1v) is 10.4. The van der Waals surface area contributed by atoms with Gasteiger partial charge in [-0.1, -0.05) is 30.0 Å². The number of hydrogen-bond donors (Lipinski definition) is 1. The van der Waals surface area contributed by atoms with Crippen LogP contribution in [0.25, 0.3) is 16.6 Å². The van der Waals surface area contributed by atoms with Gasteiger partial charge in [0.05, 0.1) is 24.3 Å². The number of carbonyl (C=O) groups excluding carboxylic acids is 1. The van der Waals surface area contributed by atoms with Crippen molar-refractivity contribution in [2.24, 2.45) is 0 Å². The Balaban J connectivity index is 1.41. The molecule has 0 saturated carbocycles. The fourth-order valence-corrected chi connectivity index (χ4v) is 4.04. The summed E-state index contributed by atoms with van der Waals surface area (Å²) in [5.41, 5.74) is 3.41. The average molecular weight is 423 g/mol. The maximum absolute atomic E-state index is 11.5. The van der Waals surface area contributed by atoms with E-state index in [2.05, 4.69) is 27.9 Å². The fourth-order valence-electron chi connectivity index (χ4n) is 3.18. The summed E-state index contributed by atoms with van der Waals surface area (Å²) in [4.78, 5) is 11.5. The van der Waals surface area contributed by atoms with Crippen LogP contribution in [0.3, 0.4) is 0 Å². The van der Waals surface area contributed by atoms with Crippen LogP contribution in [0, 0.1) is 6.92 Å². The van der Waals surface area contributed by atoms with E-state index >= 15 is 0 Å². The topological polar surface area (TPSA) is 86.0 Å². The number of nitrogens with zero attached hydrogens (tertiary/aromatic N) is 3. The molecule has 2 aromatic carbocycles. The number of pyridine rings is 1. The molecule has 4 aromatic rings. The molecule has 154 valence electrons. The molecular formula is C22H21N3O4S. The van der Waals surface area contributed by atoms with Crippen molar-refractivity contribution in [2.75, 3.05) is 19.5 Å². The molecule has 0 aliphatic rings. The average Bonchev–Trinajstić information content (AvgIpc) is 3.19. The molecule has 4 rings (SSSR count). The Morgan fingerprint density at radius 2 is 1.93 bits per heavy atom. The van der Waals surface area contributed by atoms with Gasteiger partial charge >= 0.3 is 5.97 Å². The predicted molar refractivity (Wildman–Crippen MR) is 115 cm³/mol.